The highest BCUT2D eigenvalue weighted by Gasteiger charge is 2.17. The number of nitrogens with zero attached hydrogens (tertiary/aromatic N) is 1. The summed E-state index contributed by atoms with van der Waals surface area (Å²) in [6.45, 7) is 5.36. The Labute approximate surface area is 122 Å². The Bertz CT molecular complexity index is 538. The van der Waals surface area contributed by atoms with Crippen molar-refractivity contribution in [2.24, 2.45) is 5.73 Å². The molecule has 0 fully saturated rings. The number of halogens is 1. The van der Waals surface area contributed by atoms with Gasteiger partial charge < -0.3 is 11.1 Å². The summed E-state index contributed by atoms with van der Waals surface area (Å²) in [5, 5.41) is 13.4. The van der Waals surface area contributed by atoms with E-state index in [2.05, 4.69) is 5.32 Å². The first-order valence-corrected chi connectivity index (χ1v) is 6.51. The molecule has 0 saturated heterocycles. The van der Waals surface area contributed by atoms with Crippen LogP contribution in [-0.4, -0.2) is 16.4 Å². The maximum absolute atomic E-state index is 11.8. The average Bonchev–Trinajstić information content (AvgIpc) is 2.29. The number of hydrogen-bond acceptors (Lipinski definition) is 4. The number of nitrogens with two attached hydrogens (primary N) is 1. The van der Waals surface area contributed by atoms with E-state index in [0.717, 1.165) is 0 Å². The van der Waals surface area contributed by atoms with Crippen LogP contribution in [0, 0.1) is 17.0 Å². The smallest absolute Gasteiger partial charge is 0.288 e. The third kappa shape index (κ3) is 4.79. The van der Waals surface area contributed by atoms with Crippen molar-refractivity contribution in [1.29, 1.82) is 0 Å². The lowest BCUT2D eigenvalue weighted by molar-refractivity contribution is -0.384. The minimum atomic E-state index is -0.558. The van der Waals surface area contributed by atoms with Crippen molar-refractivity contribution in [1.82, 2.24) is 0 Å². The van der Waals surface area contributed by atoms with Gasteiger partial charge in [-0.25, -0.2) is 0 Å². The van der Waals surface area contributed by atoms with Crippen LogP contribution in [0.1, 0.15) is 32.3 Å². The molecule has 0 aromatic heterocycles. The number of nitrogens with one attached hydrogen (secondary N) is 1. The van der Waals surface area contributed by atoms with Crippen molar-refractivity contribution < 1.29 is 9.72 Å². The van der Waals surface area contributed by atoms with Crippen LogP contribution >= 0.6 is 11.6 Å². The summed E-state index contributed by atoms with van der Waals surface area (Å²) in [6, 6.07) is 2.73. The van der Waals surface area contributed by atoms with Gasteiger partial charge in [0.25, 0.3) is 5.69 Å². The van der Waals surface area contributed by atoms with Crippen LogP contribution in [0.25, 0.3) is 0 Å². The number of nitro benzene ring substituents is 1. The summed E-state index contributed by atoms with van der Waals surface area (Å²) in [7, 11) is 0. The third-order valence-corrected chi connectivity index (χ3v) is 3.06. The fourth-order valence-electron chi connectivity index (χ4n) is 1.59. The van der Waals surface area contributed by atoms with Crippen LogP contribution in [0.3, 0.4) is 0 Å². The molecule has 0 atom stereocenters. The number of carbonyl (C=O) groups excluding carboxylic acids is 1. The van der Waals surface area contributed by atoms with E-state index in [1.165, 1.54) is 12.1 Å². The van der Waals surface area contributed by atoms with Crippen LogP contribution in [0.2, 0.25) is 5.02 Å². The molecule has 0 saturated carbocycles. The van der Waals surface area contributed by atoms with Crippen molar-refractivity contribution in [2.45, 2.75) is 39.2 Å². The summed E-state index contributed by atoms with van der Waals surface area (Å²) in [5.74, 6) is -0.198. The zero-order chi connectivity index (χ0) is 15.5. The molecule has 1 aromatic carbocycles. The average molecular weight is 300 g/mol. The van der Waals surface area contributed by atoms with Gasteiger partial charge in [0, 0.05) is 23.7 Å². The molecule has 0 heterocycles. The Morgan fingerprint density at radius 2 is 2.10 bits per heavy atom. The van der Waals surface area contributed by atoms with E-state index < -0.39 is 10.5 Å². The van der Waals surface area contributed by atoms with E-state index in [4.69, 9.17) is 17.3 Å². The molecule has 0 bridgehead atoms. The van der Waals surface area contributed by atoms with Gasteiger partial charge in [0.2, 0.25) is 5.91 Å². The minimum absolute atomic E-state index is 0.00458. The minimum Gasteiger partial charge on any atom is -0.326 e. The quantitative estimate of drug-likeness (QED) is 0.645. The number of anilines is 1. The van der Waals surface area contributed by atoms with Gasteiger partial charge in [0.1, 0.15) is 5.02 Å². The van der Waals surface area contributed by atoms with Gasteiger partial charge in [-0.15, -0.1) is 0 Å². The lowest BCUT2D eigenvalue weighted by Crippen LogP contribution is -2.33. The summed E-state index contributed by atoms with van der Waals surface area (Å²) in [4.78, 5) is 22.0. The van der Waals surface area contributed by atoms with Crippen molar-refractivity contribution in [3.05, 3.63) is 32.8 Å². The summed E-state index contributed by atoms with van der Waals surface area (Å²) in [6.07, 6.45) is 0.816. The number of hydrogen-bond donors (Lipinski definition) is 2. The topological polar surface area (TPSA) is 98.3 Å². The van der Waals surface area contributed by atoms with Gasteiger partial charge in [-0.2, -0.15) is 0 Å². The molecule has 0 radical (unpaired) electrons. The zero-order valence-electron chi connectivity index (χ0n) is 11.7. The molecule has 1 aromatic rings. The normalized spacial score (nSPS) is 11.2. The first-order chi connectivity index (χ1) is 9.10. The second kappa shape index (κ2) is 6.19. The molecule has 0 spiro atoms. The van der Waals surface area contributed by atoms with Gasteiger partial charge in [0.05, 0.1) is 4.92 Å². The molecule has 3 N–H and O–H groups in total. The van der Waals surface area contributed by atoms with E-state index in [9.17, 15) is 14.9 Å². The number of nitro groups is 1. The Morgan fingerprint density at radius 1 is 1.50 bits per heavy atom. The second-order valence-corrected chi connectivity index (χ2v) is 5.82. The van der Waals surface area contributed by atoms with Gasteiger partial charge in [-0.05, 0) is 38.8 Å². The molecule has 20 heavy (non-hydrogen) atoms. The second-order valence-electron chi connectivity index (χ2n) is 5.41. The predicted molar refractivity (Wildman–Crippen MR) is 79.0 cm³/mol. The Morgan fingerprint density at radius 3 is 2.60 bits per heavy atom. The molecular weight excluding hydrogens is 282 g/mol. The van der Waals surface area contributed by atoms with Crippen molar-refractivity contribution in [2.75, 3.05) is 5.32 Å². The highest BCUT2D eigenvalue weighted by Crippen LogP contribution is 2.30. The Balaban J connectivity index is 2.81. The van der Waals surface area contributed by atoms with Crippen molar-refractivity contribution in [3.8, 4) is 0 Å². The van der Waals surface area contributed by atoms with Gasteiger partial charge in [-0.3, -0.25) is 14.9 Å². The zero-order valence-corrected chi connectivity index (χ0v) is 12.5. The number of benzene rings is 1. The van der Waals surface area contributed by atoms with Gasteiger partial charge >= 0.3 is 0 Å². The first kappa shape index (κ1) is 16.4. The number of amides is 1. The highest BCUT2D eigenvalue weighted by atomic mass is 35.5. The molecule has 7 heteroatoms. The number of aryl methyl sites for hydroxylation is 1. The molecule has 0 aliphatic heterocycles. The van der Waals surface area contributed by atoms with Crippen LogP contribution in [0.5, 0.6) is 0 Å². The van der Waals surface area contributed by atoms with E-state index in [-0.39, 0.29) is 23.0 Å². The molecule has 6 nitrogen and oxygen atoms in total. The predicted octanol–water partition coefficient (Wildman–Crippen LogP) is 3.01. The molecular formula is C13H18ClN3O3. The van der Waals surface area contributed by atoms with Crippen LogP contribution in [-0.2, 0) is 4.79 Å². The fourth-order valence-corrected chi connectivity index (χ4v) is 1.82. The van der Waals surface area contributed by atoms with Crippen molar-refractivity contribution >= 4 is 28.9 Å². The fraction of sp³-hybridized carbons (Fsp3) is 0.462. The molecule has 0 aliphatic carbocycles. The number of carbonyl (C=O) groups is 1. The van der Waals surface area contributed by atoms with E-state index >= 15 is 0 Å². The maximum Gasteiger partial charge on any atom is 0.288 e. The maximum atomic E-state index is 11.8. The molecule has 0 aliphatic rings. The highest BCUT2D eigenvalue weighted by molar-refractivity contribution is 6.33. The van der Waals surface area contributed by atoms with Crippen LogP contribution in [0.15, 0.2) is 12.1 Å². The lowest BCUT2D eigenvalue weighted by atomic mass is 10.00. The van der Waals surface area contributed by atoms with E-state index in [0.29, 0.717) is 17.7 Å². The van der Waals surface area contributed by atoms with Crippen LogP contribution < -0.4 is 11.1 Å². The van der Waals surface area contributed by atoms with Crippen LogP contribution in [0.4, 0.5) is 11.4 Å². The van der Waals surface area contributed by atoms with Gasteiger partial charge in [-0.1, -0.05) is 11.6 Å². The van der Waals surface area contributed by atoms with E-state index in [1.54, 1.807) is 6.92 Å². The van der Waals surface area contributed by atoms with Crippen molar-refractivity contribution in [3.63, 3.8) is 0 Å². The largest absolute Gasteiger partial charge is 0.326 e. The lowest BCUT2D eigenvalue weighted by Gasteiger charge is -2.18. The molecule has 1 rings (SSSR count). The summed E-state index contributed by atoms with van der Waals surface area (Å²) >= 11 is 5.82. The summed E-state index contributed by atoms with van der Waals surface area (Å²) in [5.41, 5.74) is 6.27. The standard InChI is InChI=1S/C13H18ClN3O3/c1-8-6-11(17(19)20)9(14)7-10(8)16-12(18)4-5-13(2,3)15/h6-7H,4-5,15H2,1-3H3,(H,16,18). The summed E-state index contributed by atoms with van der Waals surface area (Å²) < 4.78 is 0. The molecule has 0 unspecified atom stereocenters. The van der Waals surface area contributed by atoms with Gasteiger partial charge in [0.15, 0.2) is 0 Å². The van der Waals surface area contributed by atoms with E-state index in [1.807, 2.05) is 13.8 Å². The molecule has 1 amide bonds. The Hall–Kier alpha value is -1.66. The molecule has 110 valence electrons. The number of rotatable bonds is 5. The monoisotopic (exact) mass is 299 g/mol. The third-order valence-electron chi connectivity index (χ3n) is 2.76. The SMILES string of the molecule is Cc1cc([N+](=O)[O-])c(Cl)cc1NC(=O)CCC(C)(C)N. The Kier molecular flexibility index (Phi) is 5.08. The first-order valence-electron chi connectivity index (χ1n) is 6.13.